The van der Waals surface area contributed by atoms with Crippen LogP contribution in [-0.4, -0.2) is 36.1 Å². The lowest BCUT2D eigenvalue weighted by Gasteiger charge is -2.12. The van der Waals surface area contributed by atoms with Crippen molar-refractivity contribution in [2.45, 2.75) is 27.2 Å². The molecule has 0 atom stereocenters. The lowest BCUT2D eigenvalue weighted by molar-refractivity contribution is 0.0943. The van der Waals surface area contributed by atoms with E-state index in [2.05, 4.69) is 20.6 Å². The van der Waals surface area contributed by atoms with E-state index in [4.69, 9.17) is 4.74 Å². The van der Waals surface area contributed by atoms with Crippen molar-refractivity contribution < 1.29 is 9.53 Å². The topological polar surface area (TPSA) is 76.1 Å². The third kappa shape index (κ3) is 4.76. The van der Waals surface area contributed by atoms with Gasteiger partial charge in [-0.15, -0.1) is 0 Å². The molecule has 2 aromatic rings. The maximum atomic E-state index is 12.2. The summed E-state index contributed by atoms with van der Waals surface area (Å²) >= 11 is 0. The molecular weight excluding hydrogens is 304 g/mol. The Kier molecular flexibility index (Phi) is 6.26. The van der Waals surface area contributed by atoms with E-state index in [9.17, 15) is 4.79 Å². The number of ether oxygens (including phenoxy) is 1. The fourth-order valence-corrected chi connectivity index (χ4v) is 2.37. The fourth-order valence-electron chi connectivity index (χ4n) is 2.37. The molecule has 6 heteroatoms. The first kappa shape index (κ1) is 17.9. The molecule has 0 aliphatic carbocycles. The Balaban J connectivity index is 2.15. The number of anilines is 2. The smallest absolute Gasteiger partial charge is 0.270 e. The Bertz CT molecular complexity index is 696. The van der Waals surface area contributed by atoms with Crippen LogP contribution in [-0.2, 0) is 4.74 Å². The van der Waals surface area contributed by atoms with Gasteiger partial charge in [-0.05, 0) is 44.4 Å². The third-order valence-corrected chi connectivity index (χ3v) is 3.62. The summed E-state index contributed by atoms with van der Waals surface area (Å²) in [4.78, 5) is 21.0. The van der Waals surface area contributed by atoms with E-state index >= 15 is 0 Å². The predicted molar refractivity (Wildman–Crippen MR) is 94.8 cm³/mol. The van der Waals surface area contributed by atoms with Crippen LogP contribution in [0.4, 0.5) is 11.6 Å². The first-order valence-corrected chi connectivity index (χ1v) is 7.97. The second kappa shape index (κ2) is 8.40. The molecular formula is C18H24N4O2. The number of methoxy groups -OCH3 is 1. The average Bonchev–Trinajstić information content (AvgIpc) is 2.54. The number of rotatable bonds is 7. The summed E-state index contributed by atoms with van der Waals surface area (Å²) in [5.41, 5.74) is 4.26. The maximum Gasteiger partial charge on any atom is 0.270 e. The van der Waals surface area contributed by atoms with Crippen molar-refractivity contribution in [2.75, 3.05) is 25.6 Å². The quantitative estimate of drug-likeness (QED) is 0.764. The van der Waals surface area contributed by atoms with Crippen LogP contribution < -0.4 is 10.6 Å². The van der Waals surface area contributed by atoms with Gasteiger partial charge >= 0.3 is 0 Å². The summed E-state index contributed by atoms with van der Waals surface area (Å²) in [6.07, 6.45) is 0.764. The van der Waals surface area contributed by atoms with Gasteiger partial charge in [0.2, 0.25) is 5.95 Å². The summed E-state index contributed by atoms with van der Waals surface area (Å²) in [6.45, 7) is 7.06. The van der Waals surface area contributed by atoms with Gasteiger partial charge < -0.3 is 15.4 Å². The Morgan fingerprint density at radius 1 is 1.17 bits per heavy atom. The summed E-state index contributed by atoms with van der Waals surface area (Å²) in [7, 11) is 1.64. The van der Waals surface area contributed by atoms with Gasteiger partial charge in [0.25, 0.3) is 5.91 Å². The van der Waals surface area contributed by atoms with Gasteiger partial charge in [-0.2, -0.15) is 0 Å². The van der Waals surface area contributed by atoms with Gasteiger partial charge in [0.05, 0.1) is 0 Å². The predicted octanol–water partition coefficient (Wildman–Crippen LogP) is 2.91. The molecule has 0 aliphatic rings. The minimum Gasteiger partial charge on any atom is -0.385 e. The SMILES string of the molecule is COCCCNC(=O)c1cc(C)nc(Nc2c(C)cccc2C)n1. The van der Waals surface area contributed by atoms with Crippen molar-refractivity contribution in [1.82, 2.24) is 15.3 Å². The largest absolute Gasteiger partial charge is 0.385 e. The van der Waals surface area contributed by atoms with Gasteiger partial charge in [-0.3, -0.25) is 4.79 Å². The highest BCUT2D eigenvalue weighted by Gasteiger charge is 2.11. The monoisotopic (exact) mass is 328 g/mol. The number of amides is 1. The van der Waals surface area contributed by atoms with Gasteiger partial charge in [0.1, 0.15) is 5.69 Å². The minimum absolute atomic E-state index is 0.207. The zero-order valence-electron chi connectivity index (χ0n) is 14.6. The molecule has 0 saturated carbocycles. The molecule has 6 nitrogen and oxygen atoms in total. The number of nitrogens with zero attached hydrogens (tertiary/aromatic N) is 2. The molecule has 0 radical (unpaired) electrons. The van der Waals surface area contributed by atoms with E-state index in [-0.39, 0.29) is 5.91 Å². The summed E-state index contributed by atoms with van der Waals surface area (Å²) in [5.74, 6) is 0.218. The zero-order valence-corrected chi connectivity index (χ0v) is 14.6. The number of hydrogen-bond acceptors (Lipinski definition) is 5. The molecule has 1 aromatic heterocycles. The number of nitrogens with one attached hydrogen (secondary N) is 2. The Morgan fingerprint density at radius 3 is 2.54 bits per heavy atom. The number of aromatic nitrogens is 2. The van der Waals surface area contributed by atoms with Crippen molar-refractivity contribution in [3.8, 4) is 0 Å². The van der Waals surface area contributed by atoms with Crippen molar-refractivity contribution in [2.24, 2.45) is 0 Å². The Morgan fingerprint density at radius 2 is 1.88 bits per heavy atom. The van der Waals surface area contributed by atoms with Crippen LogP contribution >= 0.6 is 0 Å². The number of benzene rings is 1. The molecule has 2 N–H and O–H groups in total. The van der Waals surface area contributed by atoms with Crippen molar-refractivity contribution in [3.63, 3.8) is 0 Å². The fraction of sp³-hybridized carbons (Fsp3) is 0.389. The van der Waals surface area contributed by atoms with Gasteiger partial charge in [-0.25, -0.2) is 9.97 Å². The second-order valence-corrected chi connectivity index (χ2v) is 5.71. The number of carbonyl (C=O) groups excluding carboxylic acids is 1. The highest BCUT2D eigenvalue weighted by molar-refractivity contribution is 5.92. The molecule has 0 bridgehead atoms. The van der Waals surface area contributed by atoms with E-state index < -0.39 is 0 Å². The normalized spacial score (nSPS) is 10.5. The van der Waals surface area contributed by atoms with E-state index in [0.717, 1.165) is 28.9 Å². The average molecular weight is 328 g/mol. The van der Waals surface area contributed by atoms with Crippen LogP contribution in [0.3, 0.4) is 0 Å². The molecule has 0 aliphatic heterocycles. The molecule has 0 unspecified atom stereocenters. The first-order valence-electron chi connectivity index (χ1n) is 7.97. The third-order valence-electron chi connectivity index (χ3n) is 3.62. The molecule has 1 aromatic carbocycles. The second-order valence-electron chi connectivity index (χ2n) is 5.71. The Labute approximate surface area is 142 Å². The van der Waals surface area contributed by atoms with Crippen molar-refractivity contribution >= 4 is 17.5 Å². The molecule has 128 valence electrons. The molecule has 2 rings (SSSR count). The lowest BCUT2D eigenvalue weighted by Crippen LogP contribution is -2.26. The van der Waals surface area contributed by atoms with Gasteiger partial charge in [0.15, 0.2) is 0 Å². The molecule has 0 spiro atoms. The number of carbonyl (C=O) groups is 1. The van der Waals surface area contributed by atoms with E-state index in [1.54, 1.807) is 13.2 Å². The maximum absolute atomic E-state index is 12.2. The van der Waals surface area contributed by atoms with Crippen LogP contribution in [0.1, 0.15) is 33.7 Å². The van der Waals surface area contributed by atoms with Gasteiger partial charge in [-0.1, -0.05) is 18.2 Å². The van der Waals surface area contributed by atoms with Crippen LogP contribution in [0, 0.1) is 20.8 Å². The van der Waals surface area contributed by atoms with Crippen molar-refractivity contribution in [1.29, 1.82) is 0 Å². The summed E-state index contributed by atoms with van der Waals surface area (Å²) in [5, 5.41) is 6.07. The van der Waals surface area contributed by atoms with E-state index in [0.29, 0.717) is 24.8 Å². The van der Waals surface area contributed by atoms with Crippen molar-refractivity contribution in [3.05, 3.63) is 46.8 Å². The lowest BCUT2D eigenvalue weighted by atomic mass is 10.1. The molecule has 1 heterocycles. The van der Waals surface area contributed by atoms with Crippen LogP contribution in [0.15, 0.2) is 24.3 Å². The summed E-state index contributed by atoms with van der Waals surface area (Å²) in [6, 6.07) is 7.73. The highest BCUT2D eigenvalue weighted by atomic mass is 16.5. The zero-order chi connectivity index (χ0) is 17.5. The minimum atomic E-state index is -0.207. The Hall–Kier alpha value is -2.47. The highest BCUT2D eigenvalue weighted by Crippen LogP contribution is 2.22. The molecule has 24 heavy (non-hydrogen) atoms. The molecule has 0 saturated heterocycles. The van der Waals surface area contributed by atoms with E-state index in [1.165, 1.54) is 0 Å². The van der Waals surface area contributed by atoms with Crippen LogP contribution in [0.2, 0.25) is 0 Å². The summed E-state index contributed by atoms with van der Waals surface area (Å²) < 4.78 is 4.97. The first-order chi connectivity index (χ1) is 11.5. The molecule has 1 amide bonds. The standard InChI is InChI=1S/C18H24N4O2/c1-12-7-5-8-13(2)16(12)22-18-20-14(3)11-15(21-18)17(23)19-9-6-10-24-4/h5,7-8,11H,6,9-10H2,1-4H3,(H,19,23)(H,20,21,22). The van der Waals surface area contributed by atoms with E-state index in [1.807, 2.05) is 39.0 Å². The van der Waals surface area contributed by atoms with Crippen LogP contribution in [0.5, 0.6) is 0 Å². The van der Waals surface area contributed by atoms with Gasteiger partial charge in [0, 0.05) is 31.6 Å². The molecule has 0 fully saturated rings. The number of hydrogen-bond donors (Lipinski definition) is 2. The van der Waals surface area contributed by atoms with Crippen LogP contribution in [0.25, 0.3) is 0 Å². The number of para-hydroxylation sites is 1. The number of aryl methyl sites for hydroxylation is 3.